The molecule has 2 aliphatic rings. The third-order valence-corrected chi connectivity index (χ3v) is 6.01. The van der Waals surface area contributed by atoms with E-state index in [1.165, 1.54) is 30.2 Å². The van der Waals surface area contributed by atoms with Crippen LogP contribution < -0.4 is 10.2 Å². The van der Waals surface area contributed by atoms with Crippen LogP contribution in [-0.2, 0) is 24.1 Å². The lowest BCUT2D eigenvalue weighted by molar-refractivity contribution is -0.121. The molecule has 28 heavy (non-hydrogen) atoms. The number of piperidine rings is 1. The van der Waals surface area contributed by atoms with Crippen LogP contribution in [0, 0.1) is 5.82 Å². The van der Waals surface area contributed by atoms with E-state index in [2.05, 4.69) is 20.2 Å². The van der Waals surface area contributed by atoms with Crippen LogP contribution in [0.4, 0.5) is 10.2 Å². The number of nitrogens with zero attached hydrogens (tertiary/aromatic N) is 3. The van der Waals surface area contributed by atoms with Crippen molar-refractivity contribution in [3.05, 3.63) is 52.2 Å². The van der Waals surface area contributed by atoms with Crippen molar-refractivity contribution in [2.75, 3.05) is 18.0 Å². The van der Waals surface area contributed by atoms with Crippen LogP contribution in [0.5, 0.6) is 0 Å². The van der Waals surface area contributed by atoms with Crippen molar-refractivity contribution in [2.45, 2.75) is 51.0 Å². The van der Waals surface area contributed by atoms with Crippen LogP contribution in [0.15, 0.2) is 24.5 Å². The van der Waals surface area contributed by atoms with Crippen molar-refractivity contribution in [3.8, 4) is 0 Å². The van der Waals surface area contributed by atoms with Crippen LogP contribution in [0.3, 0.4) is 0 Å². The van der Waals surface area contributed by atoms with Gasteiger partial charge in [0.1, 0.15) is 18.0 Å². The molecule has 5 nitrogen and oxygen atoms in total. The Labute approximate surface area is 169 Å². The molecule has 1 N–H and O–H groups in total. The lowest BCUT2D eigenvalue weighted by Crippen LogP contribution is -2.45. The summed E-state index contributed by atoms with van der Waals surface area (Å²) in [6.45, 7) is 1.68. The number of rotatable bonds is 4. The molecule has 0 spiro atoms. The number of aromatic nitrogens is 2. The number of benzene rings is 1. The maximum atomic E-state index is 13.9. The third-order valence-electron chi connectivity index (χ3n) is 5.66. The summed E-state index contributed by atoms with van der Waals surface area (Å²) in [5.74, 6) is 0.434. The lowest BCUT2D eigenvalue weighted by Gasteiger charge is -2.35. The first-order valence-electron chi connectivity index (χ1n) is 9.92. The van der Waals surface area contributed by atoms with E-state index in [1.807, 2.05) is 0 Å². The van der Waals surface area contributed by atoms with E-state index in [-0.39, 0.29) is 23.9 Å². The third kappa shape index (κ3) is 4.12. The van der Waals surface area contributed by atoms with Crippen LogP contribution in [-0.4, -0.2) is 35.0 Å². The van der Waals surface area contributed by atoms with Gasteiger partial charge in [-0.25, -0.2) is 14.4 Å². The molecular formula is C21H24ClFN4O. The van der Waals surface area contributed by atoms with E-state index in [0.717, 1.165) is 44.6 Å². The number of amides is 1. The van der Waals surface area contributed by atoms with Crippen molar-refractivity contribution >= 4 is 23.3 Å². The molecule has 148 valence electrons. The van der Waals surface area contributed by atoms with Gasteiger partial charge in [-0.05, 0) is 50.7 Å². The molecule has 0 radical (unpaired) electrons. The first-order chi connectivity index (χ1) is 13.6. The number of nitrogens with one attached hydrogen (secondary N) is 1. The molecule has 1 amide bonds. The molecule has 0 unspecified atom stereocenters. The quantitative estimate of drug-likeness (QED) is 0.850. The topological polar surface area (TPSA) is 58.1 Å². The van der Waals surface area contributed by atoms with Crippen LogP contribution in [0.25, 0.3) is 0 Å². The molecule has 1 saturated heterocycles. The van der Waals surface area contributed by atoms with Crippen molar-refractivity contribution in [1.29, 1.82) is 0 Å². The second-order valence-electron chi connectivity index (χ2n) is 7.54. The van der Waals surface area contributed by atoms with E-state index in [9.17, 15) is 9.18 Å². The number of aryl methyl sites for hydroxylation is 1. The molecule has 4 rings (SSSR count). The Morgan fingerprint density at radius 1 is 1.21 bits per heavy atom. The minimum absolute atomic E-state index is 0.0366. The highest BCUT2D eigenvalue weighted by Crippen LogP contribution is 2.29. The minimum atomic E-state index is -0.439. The highest BCUT2D eigenvalue weighted by molar-refractivity contribution is 6.31. The molecule has 1 aliphatic carbocycles. The summed E-state index contributed by atoms with van der Waals surface area (Å²) in [7, 11) is 0. The number of anilines is 1. The zero-order chi connectivity index (χ0) is 19.5. The smallest absolute Gasteiger partial charge is 0.224 e. The summed E-state index contributed by atoms with van der Waals surface area (Å²) in [6, 6.07) is 4.57. The predicted molar refractivity (Wildman–Crippen MR) is 107 cm³/mol. The Hall–Kier alpha value is -2.21. The predicted octanol–water partition coefficient (Wildman–Crippen LogP) is 3.48. The van der Waals surface area contributed by atoms with Gasteiger partial charge in [-0.1, -0.05) is 17.7 Å². The Morgan fingerprint density at radius 3 is 2.79 bits per heavy atom. The van der Waals surface area contributed by atoms with Crippen molar-refractivity contribution in [3.63, 3.8) is 0 Å². The average molecular weight is 403 g/mol. The Kier molecular flexibility index (Phi) is 5.76. The summed E-state index contributed by atoms with van der Waals surface area (Å²) in [5, 5.41) is 3.32. The second-order valence-corrected chi connectivity index (χ2v) is 7.94. The highest BCUT2D eigenvalue weighted by atomic mass is 35.5. The summed E-state index contributed by atoms with van der Waals surface area (Å²) in [6.07, 6.45) is 7.80. The van der Waals surface area contributed by atoms with Crippen LogP contribution in [0.1, 0.15) is 42.5 Å². The molecule has 0 saturated carbocycles. The highest BCUT2D eigenvalue weighted by Gasteiger charge is 2.25. The molecule has 0 atom stereocenters. The SMILES string of the molecule is O=C(Cc1c(F)cccc1Cl)NC1CCN(c2ncnc3c2CCCC3)CC1. The van der Waals surface area contributed by atoms with E-state index in [1.54, 1.807) is 18.5 Å². The Balaban J connectivity index is 1.34. The van der Waals surface area contributed by atoms with Gasteiger partial charge in [-0.2, -0.15) is 0 Å². The molecule has 0 bridgehead atoms. The standard InChI is InChI=1S/C21H24ClFN4O/c22-17-5-3-6-18(23)16(17)12-20(28)26-14-8-10-27(11-9-14)21-15-4-1-2-7-19(15)24-13-25-21/h3,5-6,13-14H,1-2,4,7-12H2,(H,26,28). The van der Waals surface area contributed by atoms with Crippen molar-refractivity contribution < 1.29 is 9.18 Å². The second kappa shape index (κ2) is 8.43. The number of hydrogen-bond donors (Lipinski definition) is 1. The zero-order valence-electron chi connectivity index (χ0n) is 15.8. The van der Waals surface area contributed by atoms with Crippen LogP contribution in [0.2, 0.25) is 5.02 Å². The molecule has 1 aliphatic heterocycles. The van der Waals surface area contributed by atoms with Gasteiger partial charge in [0, 0.05) is 41.0 Å². The fourth-order valence-electron chi connectivity index (χ4n) is 4.15. The number of hydrogen-bond acceptors (Lipinski definition) is 4. The molecular weight excluding hydrogens is 379 g/mol. The van der Waals surface area contributed by atoms with Crippen molar-refractivity contribution in [1.82, 2.24) is 15.3 Å². The largest absolute Gasteiger partial charge is 0.356 e. The van der Waals surface area contributed by atoms with Gasteiger partial charge >= 0.3 is 0 Å². The fourth-order valence-corrected chi connectivity index (χ4v) is 4.38. The van der Waals surface area contributed by atoms with Gasteiger partial charge in [-0.15, -0.1) is 0 Å². The van der Waals surface area contributed by atoms with E-state index in [4.69, 9.17) is 11.6 Å². The maximum Gasteiger partial charge on any atom is 0.224 e. The minimum Gasteiger partial charge on any atom is -0.356 e. The normalized spacial score (nSPS) is 17.3. The summed E-state index contributed by atoms with van der Waals surface area (Å²) >= 11 is 6.02. The zero-order valence-corrected chi connectivity index (χ0v) is 16.5. The lowest BCUT2D eigenvalue weighted by atomic mass is 9.95. The molecule has 2 aromatic rings. The molecule has 1 aromatic heterocycles. The Morgan fingerprint density at radius 2 is 2.00 bits per heavy atom. The van der Waals surface area contributed by atoms with Gasteiger partial charge in [0.2, 0.25) is 5.91 Å². The van der Waals surface area contributed by atoms with Gasteiger partial charge in [0.05, 0.1) is 6.42 Å². The number of halogens is 2. The number of carbonyl (C=O) groups is 1. The van der Waals surface area contributed by atoms with Crippen molar-refractivity contribution in [2.24, 2.45) is 0 Å². The first kappa shape index (κ1) is 19.1. The molecule has 7 heteroatoms. The number of fused-ring (bicyclic) bond motifs is 1. The van der Waals surface area contributed by atoms with Gasteiger partial charge in [0.15, 0.2) is 0 Å². The van der Waals surface area contributed by atoms with Gasteiger partial charge < -0.3 is 10.2 Å². The maximum absolute atomic E-state index is 13.9. The Bertz CT molecular complexity index is 847. The summed E-state index contributed by atoms with van der Waals surface area (Å²) in [5.41, 5.74) is 2.74. The first-order valence-corrected chi connectivity index (χ1v) is 10.3. The van der Waals surface area contributed by atoms with Gasteiger partial charge in [-0.3, -0.25) is 4.79 Å². The molecule has 1 aromatic carbocycles. The molecule has 2 heterocycles. The van der Waals surface area contributed by atoms with E-state index < -0.39 is 5.82 Å². The van der Waals surface area contributed by atoms with Crippen LogP contribution >= 0.6 is 11.6 Å². The molecule has 1 fully saturated rings. The summed E-state index contributed by atoms with van der Waals surface area (Å²) in [4.78, 5) is 23.7. The van der Waals surface area contributed by atoms with E-state index >= 15 is 0 Å². The monoisotopic (exact) mass is 402 g/mol. The summed E-state index contributed by atoms with van der Waals surface area (Å²) < 4.78 is 13.9. The number of carbonyl (C=O) groups excluding carboxylic acids is 1. The fraction of sp³-hybridized carbons (Fsp3) is 0.476. The van der Waals surface area contributed by atoms with E-state index in [0.29, 0.717) is 5.02 Å². The van der Waals surface area contributed by atoms with Gasteiger partial charge in [0.25, 0.3) is 0 Å². The average Bonchev–Trinajstić information content (AvgIpc) is 2.71.